The van der Waals surface area contributed by atoms with Crippen molar-refractivity contribution < 1.29 is 13.2 Å². The van der Waals surface area contributed by atoms with Crippen LogP contribution in [0.15, 0.2) is 54.7 Å². The van der Waals surface area contributed by atoms with E-state index in [1.807, 2.05) is 18.2 Å². The first-order chi connectivity index (χ1) is 13.2. The van der Waals surface area contributed by atoms with E-state index in [4.69, 9.17) is 35.4 Å². The highest BCUT2D eigenvalue weighted by atomic mass is 35.5. The van der Waals surface area contributed by atoms with Crippen LogP contribution in [0, 0.1) is 0 Å². The standard InChI is InChI=1S/C18H13Cl2F3N4S/c19-14-7-2-1-4-11(14)9-27-10-15(20)16(26-27)25-17(28)24-13-6-3-5-12(8-13)18(21,22)23/h1-8,10H,9H2,(H2,24,25,26,28). The van der Waals surface area contributed by atoms with Gasteiger partial charge in [0.05, 0.1) is 12.1 Å². The van der Waals surface area contributed by atoms with Crippen molar-refractivity contribution in [1.82, 2.24) is 9.78 Å². The molecule has 0 unspecified atom stereocenters. The van der Waals surface area contributed by atoms with E-state index in [1.165, 1.54) is 12.1 Å². The van der Waals surface area contributed by atoms with E-state index in [0.29, 0.717) is 16.6 Å². The van der Waals surface area contributed by atoms with Crippen LogP contribution in [-0.4, -0.2) is 14.9 Å². The summed E-state index contributed by atoms with van der Waals surface area (Å²) in [6.07, 6.45) is -2.84. The number of anilines is 2. The molecule has 0 aliphatic heterocycles. The van der Waals surface area contributed by atoms with Gasteiger partial charge in [0, 0.05) is 16.9 Å². The van der Waals surface area contributed by atoms with Crippen LogP contribution in [0.4, 0.5) is 24.7 Å². The molecule has 3 rings (SSSR count). The number of aromatic nitrogens is 2. The van der Waals surface area contributed by atoms with Gasteiger partial charge in [-0.1, -0.05) is 47.5 Å². The number of rotatable bonds is 4. The molecule has 0 amide bonds. The molecule has 0 fully saturated rings. The number of alkyl halides is 3. The topological polar surface area (TPSA) is 41.9 Å². The van der Waals surface area contributed by atoms with E-state index >= 15 is 0 Å². The highest BCUT2D eigenvalue weighted by Crippen LogP contribution is 2.30. The highest BCUT2D eigenvalue weighted by molar-refractivity contribution is 7.80. The van der Waals surface area contributed by atoms with Crippen molar-refractivity contribution in [2.24, 2.45) is 0 Å². The maximum Gasteiger partial charge on any atom is 0.416 e. The molecule has 1 heterocycles. The van der Waals surface area contributed by atoms with Gasteiger partial charge < -0.3 is 10.6 Å². The number of benzene rings is 2. The van der Waals surface area contributed by atoms with Crippen molar-refractivity contribution in [1.29, 1.82) is 0 Å². The van der Waals surface area contributed by atoms with Gasteiger partial charge in [-0.15, -0.1) is 0 Å². The van der Waals surface area contributed by atoms with Gasteiger partial charge in [-0.05, 0) is 42.0 Å². The third kappa shape index (κ3) is 5.15. The fourth-order valence-electron chi connectivity index (χ4n) is 2.41. The second kappa shape index (κ2) is 8.38. The van der Waals surface area contributed by atoms with Crippen LogP contribution < -0.4 is 10.6 Å². The molecule has 10 heteroatoms. The first-order valence-electron chi connectivity index (χ1n) is 7.94. The fourth-order valence-corrected chi connectivity index (χ4v) is 3.01. The Morgan fingerprint density at radius 1 is 1.04 bits per heavy atom. The number of nitrogens with one attached hydrogen (secondary N) is 2. The largest absolute Gasteiger partial charge is 0.416 e. The number of hydrogen-bond donors (Lipinski definition) is 2. The first-order valence-corrected chi connectivity index (χ1v) is 9.10. The molecular weight excluding hydrogens is 432 g/mol. The molecule has 4 nitrogen and oxygen atoms in total. The lowest BCUT2D eigenvalue weighted by Crippen LogP contribution is -2.20. The molecule has 2 N–H and O–H groups in total. The quantitative estimate of drug-likeness (QED) is 0.479. The van der Waals surface area contributed by atoms with E-state index in [2.05, 4.69) is 15.7 Å². The third-order valence-electron chi connectivity index (χ3n) is 3.69. The van der Waals surface area contributed by atoms with E-state index in [9.17, 15) is 13.2 Å². The Bertz CT molecular complexity index is 1000. The molecule has 3 aromatic rings. The summed E-state index contributed by atoms with van der Waals surface area (Å²) in [6.45, 7) is 0.398. The molecular formula is C18H13Cl2F3N4S. The molecule has 0 saturated heterocycles. The number of nitrogens with zero attached hydrogens (tertiary/aromatic N) is 2. The second-order valence-electron chi connectivity index (χ2n) is 5.77. The average molecular weight is 445 g/mol. The number of halogens is 5. The fraction of sp³-hybridized carbons (Fsp3) is 0.111. The molecule has 0 bridgehead atoms. The van der Waals surface area contributed by atoms with Crippen molar-refractivity contribution in [3.63, 3.8) is 0 Å². The van der Waals surface area contributed by atoms with Crippen LogP contribution in [0.3, 0.4) is 0 Å². The predicted molar refractivity (Wildman–Crippen MR) is 109 cm³/mol. The lowest BCUT2D eigenvalue weighted by molar-refractivity contribution is -0.137. The molecule has 0 aliphatic rings. The molecule has 146 valence electrons. The number of hydrogen-bond acceptors (Lipinski definition) is 2. The van der Waals surface area contributed by atoms with E-state index in [-0.39, 0.29) is 16.6 Å². The summed E-state index contributed by atoms with van der Waals surface area (Å²) in [6, 6.07) is 12.0. The Hall–Kier alpha value is -2.29. The summed E-state index contributed by atoms with van der Waals surface area (Å²) in [5, 5.41) is 10.7. The molecule has 28 heavy (non-hydrogen) atoms. The van der Waals surface area contributed by atoms with Crippen LogP contribution >= 0.6 is 35.4 Å². The molecule has 0 atom stereocenters. The minimum Gasteiger partial charge on any atom is -0.332 e. The van der Waals surface area contributed by atoms with Crippen LogP contribution in [-0.2, 0) is 12.7 Å². The maximum atomic E-state index is 12.8. The zero-order valence-electron chi connectivity index (χ0n) is 14.1. The molecule has 2 aromatic carbocycles. The van der Waals surface area contributed by atoms with Gasteiger partial charge in [0.2, 0.25) is 0 Å². The Labute approximate surface area is 174 Å². The van der Waals surface area contributed by atoms with Gasteiger partial charge in [-0.3, -0.25) is 4.68 Å². The summed E-state index contributed by atoms with van der Waals surface area (Å²) in [5.74, 6) is 0.276. The van der Waals surface area contributed by atoms with Crippen molar-refractivity contribution in [2.45, 2.75) is 12.7 Å². The molecule has 1 aromatic heterocycles. The number of thiocarbonyl (C=S) groups is 1. The SMILES string of the molecule is FC(F)(F)c1cccc(NC(=S)Nc2nn(Cc3ccccc3Cl)cc2Cl)c1. The Morgan fingerprint density at radius 2 is 1.79 bits per heavy atom. The van der Waals surface area contributed by atoms with Gasteiger partial charge >= 0.3 is 6.18 Å². The molecule has 0 aliphatic carbocycles. The second-order valence-corrected chi connectivity index (χ2v) is 6.99. The Morgan fingerprint density at radius 3 is 2.50 bits per heavy atom. The zero-order chi connectivity index (χ0) is 20.3. The van der Waals surface area contributed by atoms with E-state index in [1.54, 1.807) is 16.9 Å². The minimum atomic E-state index is -4.44. The monoisotopic (exact) mass is 444 g/mol. The average Bonchev–Trinajstić information content (AvgIpc) is 2.95. The van der Waals surface area contributed by atoms with Crippen LogP contribution in [0.25, 0.3) is 0 Å². The van der Waals surface area contributed by atoms with Crippen molar-refractivity contribution in [3.05, 3.63) is 75.9 Å². The maximum absolute atomic E-state index is 12.8. The van der Waals surface area contributed by atoms with Crippen molar-refractivity contribution >= 4 is 52.0 Å². The van der Waals surface area contributed by atoms with Crippen LogP contribution in [0.1, 0.15) is 11.1 Å². The summed E-state index contributed by atoms with van der Waals surface area (Å²) in [7, 11) is 0. The third-order valence-corrected chi connectivity index (χ3v) is 4.54. The zero-order valence-corrected chi connectivity index (χ0v) is 16.4. The Kier molecular flexibility index (Phi) is 6.12. The minimum absolute atomic E-state index is 0.0595. The van der Waals surface area contributed by atoms with Crippen molar-refractivity contribution in [3.8, 4) is 0 Å². The first kappa shape index (κ1) is 20.4. The summed E-state index contributed by atoms with van der Waals surface area (Å²) >= 11 is 17.4. The Balaban J connectivity index is 1.68. The molecule has 0 radical (unpaired) electrons. The van der Waals surface area contributed by atoms with Gasteiger partial charge in [-0.2, -0.15) is 18.3 Å². The smallest absolute Gasteiger partial charge is 0.332 e. The van der Waals surface area contributed by atoms with Crippen molar-refractivity contribution in [2.75, 3.05) is 10.6 Å². The summed E-state index contributed by atoms with van der Waals surface area (Å²) in [5.41, 5.74) is 0.279. The van der Waals surface area contributed by atoms with Gasteiger partial charge in [0.15, 0.2) is 10.9 Å². The van der Waals surface area contributed by atoms with E-state index in [0.717, 1.165) is 17.7 Å². The van der Waals surface area contributed by atoms with Crippen LogP contribution in [0.2, 0.25) is 10.0 Å². The highest BCUT2D eigenvalue weighted by Gasteiger charge is 2.30. The molecule has 0 spiro atoms. The molecule has 0 saturated carbocycles. The lowest BCUT2D eigenvalue weighted by atomic mass is 10.2. The van der Waals surface area contributed by atoms with E-state index < -0.39 is 11.7 Å². The summed E-state index contributed by atoms with van der Waals surface area (Å²) < 4.78 is 40.0. The van der Waals surface area contributed by atoms with Gasteiger partial charge in [0.1, 0.15) is 5.02 Å². The van der Waals surface area contributed by atoms with Crippen LogP contribution in [0.5, 0.6) is 0 Å². The predicted octanol–water partition coefficient (Wildman–Crippen LogP) is 6.07. The van der Waals surface area contributed by atoms with Gasteiger partial charge in [0.25, 0.3) is 0 Å². The lowest BCUT2D eigenvalue weighted by Gasteiger charge is -2.12. The van der Waals surface area contributed by atoms with Gasteiger partial charge in [-0.25, -0.2) is 0 Å². The summed E-state index contributed by atoms with van der Waals surface area (Å²) in [4.78, 5) is 0. The normalized spacial score (nSPS) is 11.3.